The summed E-state index contributed by atoms with van der Waals surface area (Å²) in [6, 6.07) is 6.57. The Morgan fingerprint density at radius 3 is 2.77 bits per heavy atom. The number of hydrogen-bond donors (Lipinski definition) is 0. The summed E-state index contributed by atoms with van der Waals surface area (Å²) in [7, 11) is 0. The monoisotopic (exact) mass is 488 g/mol. The second kappa shape index (κ2) is 9.25. The van der Waals surface area contributed by atoms with Gasteiger partial charge in [0.15, 0.2) is 0 Å². The second-order valence-corrected chi connectivity index (χ2v) is 11.6. The summed E-state index contributed by atoms with van der Waals surface area (Å²) in [5, 5.41) is 12.3. The highest BCUT2D eigenvalue weighted by molar-refractivity contribution is 7.10. The Morgan fingerprint density at radius 1 is 1.34 bits per heavy atom. The zero-order valence-electron chi connectivity index (χ0n) is 20.9. The molecule has 5 rings (SSSR count). The summed E-state index contributed by atoms with van der Waals surface area (Å²) in [5.74, 6) is 1.21. The minimum absolute atomic E-state index is 0.0617. The molecule has 1 unspecified atom stereocenters. The van der Waals surface area contributed by atoms with Gasteiger partial charge in [0.25, 0.3) is 0 Å². The third-order valence-electron chi connectivity index (χ3n) is 7.25. The molecule has 1 aliphatic carbocycles. The first-order valence-electron chi connectivity index (χ1n) is 12.3. The van der Waals surface area contributed by atoms with Crippen molar-refractivity contribution in [3.63, 3.8) is 0 Å². The number of aromatic nitrogens is 1. The molecule has 182 valence electrons. The fourth-order valence-electron chi connectivity index (χ4n) is 5.23. The molecule has 0 radical (unpaired) electrons. The first kappa shape index (κ1) is 23.8. The maximum Gasteiger partial charge on any atom is 0.228 e. The van der Waals surface area contributed by atoms with Gasteiger partial charge < -0.3 is 14.5 Å². The first-order valence-corrected chi connectivity index (χ1v) is 13.2. The fraction of sp³-hybridized carbons (Fsp3) is 0.464. The first-order chi connectivity index (χ1) is 16.8. The van der Waals surface area contributed by atoms with Crippen molar-refractivity contribution in [3.8, 4) is 6.07 Å². The van der Waals surface area contributed by atoms with Gasteiger partial charge in [-0.3, -0.25) is 4.79 Å². The molecular weight excluding hydrogens is 456 g/mol. The van der Waals surface area contributed by atoms with Gasteiger partial charge in [0.2, 0.25) is 5.91 Å². The van der Waals surface area contributed by atoms with Gasteiger partial charge >= 0.3 is 0 Å². The van der Waals surface area contributed by atoms with Gasteiger partial charge in [0, 0.05) is 42.1 Å². The van der Waals surface area contributed by atoms with E-state index in [-0.39, 0.29) is 23.5 Å². The number of nitrogens with zero attached hydrogens (tertiary/aromatic N) is 4. The van der Waals surface area contributed by atoms with Crippen LogP contribution in [0.25, 0.3) is 5.57 Å². The van der Waals surface area contributed by atoms with E-state index in [2.05, 4.69) is 50.8 Å². The van der Waals surface area contributed by atoms with E-state index in [0.717, 1.165) is 33.1 Å². The molecule has 3 aliphatic rings. The molecule has 1 atom stereocenters. The number of nitriles is 1. The van der Waals surface area contributed by atoms with E-state index >= 15 is 0 Å². The van der Waals surface area contributed by atoms with E-state index in [0.29, 0.717) is 44.6 Å². The van der Waals surface area contributed by atoms with Crippen LogP contribution >= 0.6 is 11.3 Å². The van der Waals surface area contributed by atoms with Gasteiger partial charge in [-0.1, -0.05) is 38.1 Å². The summed E-state index contributed by atoms with van der Waals surface area (Å²) in [6.45, 7) is 10.9. The number of fused-ring (bicyclic) bond motifs is 1. The van der Waals surface area contributed by atoms with Gasteiger partial charge in [-0.25, -0.2) is 4.98 Å². The largest absolute Gasteiger partial charge is 0.370 e. The second-order valence-electron chi connectivity index (χ2n) is 10.5. The number of allylic oxidation sites excluding steroid dienone is 4. The maximum atomic E-state index is 13.2. The zero-order chi connectivity index (χ0) is 24.7. The molecule has 4 heterocycles. The summed E-state index contributed by atoms with van der Waals surface area (Å²) in [4.78, 5) is 23.7. The van der Waals surface area contributed by atoms with Crippen molar-refractivity contribution in [3.05, 3.63) is 63.0 Å². The quantitative estimate of drug-likeness (QED) is 0.608. The summed E-state index contributed by atoms with van der Waals surface area (Å²) in [6.07, 6.45) is 7.27. The van der Waals surface area contributed by atoms with Gasteiger partial charge in [0.1, 0.15) is 11.9 Å². The lowest BCUT2D eigenvalue weighted by molar-refractivity contribution is -0.134. The lowest BCUT2D eigenvalue weighted by Crippen LogP contribution is -2.58. The average Bonchev–Trinajstić information content (AvgIpc) is 3.29. The van der Waals surface area contributed by atoms with E-state index in [9.17, 15) is 10.1 Å². The van der Waals surface area contributed by atoms with Crippen molar-refractivity contribution in [1.29, 1.82) is 5.26 Å². The molecule has 1 amide bonds. The molecule has 0 bridgehead atoms. The van der Waals surface area contributed by atoms with Crippen LogP contribution in [-0.4, -0.2) is 47.1 Å². The topological polar surface area (TPSA) is 69.5 Å². The summed E-state index contributed by atoms with van der Waals surface area (Å²) >= 11 is 1.63. The standard InChI is InChI=1S/C28H32N4O2S/c1-18(2)24-16-31(10-11-32(24)25(33)13-20-9-6-12-35-20)27-22(15-29)21-14-28(3,4)34-17-23(21)26(30-27)19-7-5-8-19/h5-9,12,18,24H,10-11,13-14,16-17H2,1-4H3. The van der Waals surface area contributed by atoms with Gasteiger partial charge in [-0.2, -0.15) is 5.26 Å². The molecule has 2 aliphatic heterocycles. The maximum absolute atomic E-state index is 13.2. The van der Waals surface area contributed by atoms with Crippen molar-refractivity contribution in [1.82, 2.24) is 9.88 Å². The Balaban J connectivity index is 1.49. The van der Waals surface area contributed by atoms with Gasteiger partial charge in [-0.15, -0.1) is 11.3 Å². The van der Waals surface area contributed by atoms with Crippen LogP contribution in [-0.2, 0) is 29.0 Å². The Bertz CT molecular complexity index is 1240. The minimum Gasteiger partial charge on any atom is -0.370 e. The number of rotatable bonds is 5. The third-order valence-corrected chi connectivity index (χ3v) is 8.13. The molecule has 35 heavy (non-hydrogen) atoms. The number of ether oxygens (including phenoxy) is 1. The molecule has 0 N–H and O–H groups in total. The van der Waals surface area contributed by atoms with E-state index in [1.165, 1.54) is 0 Å². The molecule has 2 aromatic rings. The fourth-order valence-corrected chi connectivity index (χ4v) is 5.93. The molecule has 1 saturated heterocycles. The van der Waals surface area contributed by atoms with E-state index < -0.39 is 0 Å². The van der Waals surface area contributed by atoms with E-state index in [4.69, 9.17) is 9.72 Å². The lowest BCUT2D eigenvalue weighted by atomic mass is 9.85. The van der Waals surface area contributed by atoms with Crippen LogP contribution in [0.2, 0.25) is 0 Å². The molecule has 7 heteroatoms. The number of pyridine rings is 1. The number of piperazine rings is 1. The van der Waals surface area contributed by atoms with Crippen LogP contribution < -0.4 is 4.90 Å². The highest BCUT2D eigenvalue weighted by Gasteiger charge is 2.37. The van der Waals surface area contributed by atoms with E-state index in [1.807, 2.05) is 28.5 Å². The number of amides is 1. The SMILES string of the molecule is CC(C)C1CN(c2nc(C3=CC=C3)c3c(c2C#N)CC(C)(C)OC3)CCN1C(=O)Cc1cccs1. The van der Waals surface area contributed by atoms with Gasteiger partial charge in [0.05, 0.1) is 35.9 Å². The van der Waals surface area contributed by atoms with E-state index in [1.54, 1.807) is 11.3 Å². The predicted molar refractivity (Wildman–Crippen MR) is 139 cm³/mol. The molecule has 0 saturated carbocycles. The highest BCUT2D eigenvalue weighted by atomic mass is 32.1. The number of thiophene rings is 1. The van der Waals surface area contributed by atoms with Crippen molar-refractivity contribution in [2.75, 3.05) is 24.5 Å². The summed E-state index contributed by atoms with van der Waals surface area (Å²) < 4.78 is 6.11. The number of hydrogen-bond acceptors (Lipinski definition) is 6. The average molecular weight is 489 g/mol. The third kappa shape index (κ3) is 4.53. The predicted octanol–water partition coefficient (Wildman–Crippen LogP) is 4.74. The van der Waals surface area contributed by atoms with Crippen molar-refractivity contribution in [2.24, 2.45) is 5.92 Å². The molecule has 0 spiro atoms. The molecule has 1 fully saturated rings. The minimum atomic E-state index is -0.328. The van der Waals surface area contributed by atoms with Crippen molar-refractivity contribution >= 4 is 28.6 Å². The van der Waals surface area contributed by atoms with Crippen molar-refractivity contribution in [2.45, 2.75) is 58.8 Å². The molecular formula is C28H32N4O2S. The highest BCUT2D eigenvalue weighted by Crippen LogP contribution is 2.39. The molecule has 2 aromatic heterocycles. The summed E-state index contributed by atoms with van der Waals surface area (Å²) in [5.41, 5.74) is 4.42. The number of anilines is 1. The number of carbonyl (C=O) groups excluding carboxylic acids is 1. The Morgan fingerprint density at radius 2 is 2.14 bits per heavy atom. The van der Waals surface area contributed by atoms with Crippen LogP contribution in [0.15, 0.2) is 35.7 Å². The molecule has 0 aromatic carbocycles. The zero-order valence-corrected chi connectivity index (χ0v) is 21.7. The lowest BCUT2D eigenvalue weighted by Gasteiger charge is -2.44. The van der Waals surface area contributed by atoms with Crippen LogP contribution in [0, 0.1) is 17.2 Å². The Hall–Kier alpha value is -2.95. The van der Waals surface area contributed by atoms with Crippen LogP contribution in [0.4, 0.5) is 5.82 Å². The van der Waals surface area contributed by atoms with Gasteiger partial charge in [-0.05, 0) is 36.8 Å². The Kier molecular flexibility index (Phi) is 6.29. The van der Waals surface area contributed by atoms with Crippen molar-refractivity contribution < 1.29 is 9.53 Å². The Labute approximate surface area is 211 Å². The molecule has 6 nitrogen and oxygen atoms in total. The number of carbonyl (C=O) groups is 1. The van der Waals surface area contributed by atoms with Crippen LogP contribution in [0.5, 0.6) is 0 Å². The van der Waals surface area contributed by atoms with Crippen LogP contribution in [0.3, 0.4) is 0 Å². The smallest absolute Gasteiger partial charge is 0.228 e. The normalized spacial score (nSPS) is 20.8. The van der Waals surface area contributed by atoms with Crippen LogP contribution in [0.1, 0.15) is 55.0 Å².